The highest BCUT2D eigenvalue weighted by Gasteiger charge is 2.15. The largest absolute Gasteiger partial charge is 0.497 e. The van der Waals surface area contributed by atoms with Gasteiger partial charge in [0.25, 0.3) is 0 Å². The van der Waals surface area contributed by atoms with Crippen LogP contribution in [0.4, 0.5) is 0 Å². The lowest BCUT2D eigenvalue weighted by Gasteiger charge is -2.06. The molecular formula is C17H16O3S. The Bertz CT molecular complexity index is 833. The summed E-state index contributed by atoms with van der Waals surface area (Å²) in [6.45, 7) is 4.18. The summed E-state index contributed by atoms with van der Waals surface area (Å²) >= 11 is 1.68. The van der Waals surface area contributed by atoms with Crippen LogP contribution in [0.1, 0.15) is 22.8 Å². The summed E-state index contributed by atoms with van der Waals surface area (Å²) in [5, 5.41) is 2.36. The monoisotopic (exact) mass is 300 g/mol. The first kappa shape index (κ1) is 13.9. The number of aryl methyl sites for hydroxylation is 1. The zero-order valence-electron chi connectivity index (χ0n) is 12.2. The Labute approximate surface area is 127 Å². The predicted molar refractivity (Wildman–Crippen MR) is 86.6 cm³/mol. The normalized spacial score (nSPS) is 11.0. The molecule has 1 aromatic heterocycles. The molecule has 0 saturated carbocycles. The minimum Gasteiger partial charge on any atom is -0.497 e. The molecule has 0 aliphatic rings. The molecule has 0 saturated heterocycles. The molecule has 0 atom stereocenters. The summed E-state index contributed by atoms with van der Waals surface area (Å²) < 4.78 is 12.7. The van der Waals surface area contributed by atoms with Gasteiger partial charge in [-0.3, -0.25) is 0 Å². The number of hydrogen-bond donors (Lipinski definition) is 0. The van der Waals surface area contributed by atoms with E-state index in [1.54, 1.807) is 18.4 Å². The van der Waals surface area contributed by atoms with Gasteiger partial charge in [0.05, 0.1) is 19.3 Å². The quantitative estimate of drug-likeness (QED) is 0.666. The van der Waals surface area contributed by atoms with E-state index in [0.717, 1.165) is 20.7 Å². The van der Waals surface area contributed by atoms with Crippen LogP contribution in [-0.2, 0) is 4.74 Å². The Balaban J connectivity index is 2.24. The van der Waals surface area contributed by atoms with E-state index in [1.165, 1.54) is 10.8 Å². The lowest BCUT2D eigenvalue weighted by atomic mass is 10.0. The molecule has 3 nitrogen and oxygen atoms in total. The van der Waals surface area contributed by atoms with Gasteiger partial charge in [-0.15, -0.1) is 11.3 Å². The molecule has 0 radical (unpaired) electrons. The molecule has 3 aromatic rings. The van der Waals surface area contributed by atoms with Crippen LogP contribution in [0.5, 0.6) is 5.75 Å². The summed E-state index contributed by atoms with van der Waals surface area (Å²) in [6.07, 6.45) is 0. The lowest BCUT2D eigenvalue weighted by Crippen LogP contribution is -2.06. The number of fused-ring (bicyclic) bond motifs is 3. The molecule has 0 aliphatic carbocycles. The maximum Gasteiger partial charge on any atom is 0.338 e. The maximum absolute atomic E-state index is 12.0. The second kappa shape index (κ2) is 5.37. The van der Waals surface area contributed by atoms with Crippen LogP contribution in [0.2, 0.25) is 0 Å². The van der Waals surface area contributed by atoms with Crippen LogP contribution in [0.3, 0.4) is 0 Å². The fourth-order valence-corrected chi connectivity index (χ4v) is 3.75. The third-order valence-corrected chi connectivity index (χ3v) is 4.88. The Morgan fingerprint density at radius 1 is 1.19 bits per heavy atom. The molecule has 3 rings (SSSR count). The fourth-order valence-electron chi connectivity index (χ4n) is 2.51. The second-order valence-electron chi connectivity index (χ2n) is 4.80. The molecular weight excluding hydrogens is 284 g/mol. The van der Waals surface area contributed by atoms with Crippen molar-refractivity contribution in [2.24, 2.45) is 0 Å². The minimum atomic E-state index is -0.257. The molecule has 0 bridgehead atoms. The van der Waals surface area contributed by atoms with Gasteiger partial charge in [-0.1, -0.05) is 6.07 Å². The fraction of sp³-hybridized carbons (Fsp3) is 0.235. The highest BCUT2D eigenvalue weighted by Crippen LogP contribution is 2.38. The van der Waals surface area contributed by atoms with E-state index in [0.29, 0.717) is 12.2 Å². The predicted octanol–water partition coefficient (Wildman–Crippen LogP) is 4.55. The van der Waals surface area contributed by atoms with Crippen LogP contribution in [0.25, 0.3) is 20.2 Å². The van der Waals surface area contributed by atoms with Crippen LogP contribution in [0.15, 0.2) is 30.3 Å². The van der Waals surface area contributed by atoms with E-state index < -0.39 is 0 Å². The zero-order chi connectivity index (χ0) is 15.0. The summed E-state index contributed by atoms with van der Waals surface area (Å²) in [7, 11) is 1.67. The Morgan fingerprint density at radius 2 is 1.95 bits per heavy atom. The number of esters is 1. The third-order valence-electron chi connectivity index (χ3n) is 3.59. The average Bonchev–Trinajstić information content (AvgIpc) is 2.86. The number of carbonyl (C=O) groups is 1. The first-order chi connectivity index (χ1) is 10.2. The highest BCUT2D eigenvalue weighted by atomic mass is 32.1. The Kier molecular flexibility index (Phi) is 3.55. The van der Waals surface area contributed by atoms with Gasteiger partial charge in [-0.25, -0.2) is 4.79 Å². The van der Waals surface area contributed by atoms with Crippen LogP contribution in [0, 0.1) is 6.92 Å². The molecule has 1 heterocycles. The summed E-state index contributed by atoms with van der Waals surface area (Å²) in [5.41, 5.74) is 1.62. The van der Waals surface area contributed by atoms with E-state index in [2.05, 4.69) is 6.07 Å². The van der Waals surface area contributed by atoms with Crippen LogP contribution < -0.4 is 4.74 Å². The smallest absolute Gasteiger partial charge is 0.338 e. The molecule has 0 N–H and O–H groups in total. The van der Waals surface area contributed by atoms with E-state index in [-0.39, 0.29) is 5.97 Å². The van der Waals surface area contributed by atoms with Crippen molar-refractivity contribution in [3.05, 3.63) is 41.5 Å². The summed E-state index contributed by atoms with van der Waals surface area (Å²) in [4.78, 5) is 12.0. The zero-order valence-corrected chi connectivity index (χ0v) is 13.0. The van der Waals surface area contributed by atoms with Gasteiger partial charge in [-0.2, -0.15) is 0 Å². The molecule has 0 spiro atoms. The van der Waals surface area contributed by atoms with Gasteiger partial charge < -0.3 is 9.47 Å². The van der Waals surface area contributed by atoms with E-state index >= 15 is 0 Å². The number of rotatable bonds is 3. The molecule has 0 unspecified atom stereocenters. The van der Waals surface area contributed by atoms with Gasteiger partial charge in [0.2, 0.25) is 0 Å². The molecule has 0 fully saturated rings. The molecule has 21 heavy (non-hydrogen) atoms. The number of ether oxygens (including phenoxy) is 2. The van der Waals surface area contributed by atoms with Gasteiger partial charge in [0.1, 0.15) is 5.75 Å². The standard InChI is InChI=1S/C17H16O3S/c1-4-20-17(18)12-7-8-14-13-6-5-11(19-3)9-15(13)21-16(14)10(12)2/h5-9H,4H2,1-3H3. The summed E-state index contributed by atoms with van der Waals surface area (Å²) in [5.74, 6) is 0.587. The first-order valence-corrected chi connectivity index (χ1v) is 7.64. The molecule has 4 heteroatoms. The van der Waals surface area contributed by atoms with E-state index in [1.807, 2.05) is 38.1 Å². The molecule has 2 aromatic carbocycles. The van der Waals surface area contributed by atoms with Crippen molar-refractivity contribution in [3.8, 4) is 5.75 Å². The summed E-state index contributed by atoms with van der Waals surface area (Å²) in [6, 6.07) is 9.91. The average molecular weight is 300 g/mol. The Hall–Kier alpha value is -2.07. The SMILES string of the molecule is CCOC(=O)c1ccc2c(sc3cc(OC)ccc32)c1C. The van der Waals surface area contributed by atoms with Gasteiger partial charge >= 0.3 is 5.97 Å². The number of hydrogen-bond acceptors (Lipinski definition) is 4. The van der Waals surface area contributed by atoms with E-state index in [9.17, 15) is 4.79 Å². The second-order valence-corrected chi connectivity index (χ2v) is 5.85. The molecule has 0 amide bonds. The third kappa shape index (κ3) is 2.25. The van der Waals surface area contributed by atoms with Gasteiger partial charge in [0.15, 0.2) is 0 Å². The minimum absolute atomic E-state index is 0.257. The van der Waals surface area contributed by atoms with Crippen LogP contribution >= 0.6 is 11.3 Å². The number of thiophene rings is 1. The van der Waals surface area contributed by atoms with Crippen LogP contribution in [-0.4, -0.2) is 19.7 Å². The first-order valence-electron chi connectivity index (χ1n) is 6.82. The van der Waals surface area contributed by atoms with Gasteiger partial charge in [-0.05, 0) is 43.7 Å². The number of methoxy groups -OCH3 is 1. The maximum atomic E-state index is 12.0. The lowest BCUT2D eigenvalue weighted by molar-refractivity contribution is 0.0526. The van der Waals surface area contributed by atoms with Crippen molar-refractivity contribution in [1.82, 2.24) is 0 Å². The van der Waals surface area contributed by atoms with Crippen molar-refractivity contribution >= 4 is 37.5 Å². The Morgan fingerprint density at radius 3 is 2.67 bits per heavy atom. The number of carbonyl (C=O) groups excluding carboxylic acids is 1. The topological polar surface area (TPSA) is 35.5 Å². The van der Waals surface area contributed by atoms with Crippen molar-refractivity contribution < 1.29 is 14.3 Å². The van der Waals surface area contributed by atoms with E-state index in [4.69, 9.17) is 9.47 Å². The van der Waals surface area contributed by atoms with Crippen molar-refractivity contribution in [1.29, 1.82) is 0 Å². The van der Waals surface area contributed by atoms with Crippen molar-refractivity contribution in [2.75, 3.05) is 13.7 Å². The molecule has 108 valence electrons. The molecule has 0 aliphatic heterocycles. The van der Waals surface area contributed by atoms with Gasteiger partial charge in [0, 0.05) is 20.2 Å². The highest BCUT2D eigenvalue weighted by molar-refractivity contribution is 7.26. The van der Waals surface area contributed by atoms with Crippen molar-refractivity contribution in [3.63, 3.8) is 0 Å². The number of benzene rings is 2. The van der Waals surface area contributed by atoms with Crippen molar-refractivity contribution in [2.45, 2.75) is 13.8 Å².